The van der Waals surface area contributed by atoms with E-state index in [1.54, 1.807) is 6.20 Å². The number of aromatic nitrogens is 2. The summed E-state index contributed by atoms with van der Waals surface area (Å²) in [6, 6.07) is 8.87. The number of para-hydroxylation sites is 1. The minimum Gasteiger partial charge on any atom is -0.443 e. The van der Waals surface area contributed by atoms with Crippen LogP contribution in [-0.4, -0.2) is 22.1 Å². The Kier molecular flexibility index (Phi) is 4.23. The first-order valence-corrected chi connectivity index (χ1v) is 9.22. The topological polar surface area (TPSA) is 68.2 Å². The monoisotopic (exact) mass is 354 g/mol. The van der Waals surface area contributed by atoms with Crippen molar-refractivity contribution in [2.45, 2.75) is 46.0 Å². The largest absolute Gasteiger partial charge is 0.443 e. The van der Waals surface area contributed by atoms with Crippen LogP contribution >= 0.6 is 0 Å². The molecule has 0 saturated carbocycles. The number of ether oxygens (including phenoxy) is 1. The number of nitrogens with zero attached hydrogens (tertiary/aromatic N) is 2. The number of rotatable bonds is 3. The van der Waals surface area contributed by atoms with Gasteiger partial charge in [-0.1, -0.05) is 18.2 Å². The molecule has 2 aromatic rings. The SMILES string of the molecule is CC(C)(C)C(=O)OCn1ccnc1[C@H]1Nc2ccccc2[C@H]2NCC[C@H]21. The summed E-state index contributed by atoms with van der Waals surface area (Å²) in [4.78, 5) is 16.7. The zero-order valence-electron chi connectivity index (χ0n) is 15.5. The highest BCUT2D eigenvalue weighted by atomic mass is 16.5. The lowest BCUT2D eigenvalue weighted by molar-refractivity contribution is -0.157. The summed E-state index contributed by atoms with van der Waals surface area (Å²) in [5.41, 5.74) is 1.96. The Balaban J connectivity index is 1.59. The van der Waals surface area contributed by atoms with Crippen molar-refractivity contribution >= 4 is 11.7 Å². The summed E-state index contributed by atoms with van der Waals surface area (Å²) < 4.78 is 7.44. The third-order valence-electron chi connectivity index (χ3n) is 5.28. The number of anilines is 1. The average Bonchev–Trinajstić information content (AvgIpc) is 3.27. The molecule has 138 valence electrons. The van der Waals surface area contributed by atoms with Crippen LogP contribution in [0.1, 0.15) is 50.7 Å². The first-order chi connectivity index (χ1) is 12.4. The highest BCUT2D eigenvalue weighted by Crippen LogP contribution is 2.46. The number of benzene rings is 1. The van der Waals surface area contributed by atoms with E-state index in [2.05, 4.69) is 39.9 Å². The van der Waals surface area contributed by atoms with Crippen molar-refractivity contribution in [3.05, 3.63) is 48.0 Å². The molecule has 0 spiro atoms. The highest BCUT2D eigenvalue weighted by Gasteiger charge is 2.41. The van der Waals surface area contributed by atoms with Gasteiger partial charge in [0, 0.05) is 30.0 Å². The normalized spacial score (nSPS) is 24.5. The number of hydrogen-bond donors (Lipinski definition) is 2. The van der Waals surface area contributed by atoms with Gasteiger partial charge in [-0.25, -0.2) is 4.98 Å². The van der Waals surface area contributed by atoms with Crippen molar-refractivity contribution in [3.63, 3.8) is 0 Å². The quantitative estimate of drug-likeness (QED) is 0.828. The number of imidazole rings is 1. The number of carbonyl (C=O) groups is 1. The zero-order chi connectivity index (χ0) is 18.3. The molecule has 0 amide bonds. The van der Waals surface area contributed by atoms with Crippen LogP contribution < -0.4 is 10.6 Å². The molecule has 6 nitrogen and oxygen atoms in total. The third-order valence-corrected chi connectivity index (χ3v) is 5.28. The van der Waals surface area contributed by atoms with Crippen LogP contribution in [0.4, 0.5) is 5.69 Å². The summed E-state index contributed by atoms with van der Waals surface area (Å²) in [6.07, 6.45) is 4.75. The van der Waals surface area contributed by atoms with Gasteiger partial charge in [0.25, 0.3) is 0 Å². The van der Waals surface area contributed by atoms with Gasteiger partial charge in [-0.05, 0) is 45.4 Å². The molecule has 1 fully saturated rings. The smallest absolute Gasteiger partial charge is 0.312 e. The standard InChI is InChI=1S/C20H26N4O2/c1-20(2,3)19(25)26-12-24-11-10-22-18(24)17-14-8-9-21-16(14)13-6-4-5-7-15(13)23-17/h4-7,10-11,14,16-17,21,23H,8-9,12H2,1-3H3/t14-,16-,17+/m1/s1. The molecule has 0 unspecified atom stereocenters. The molecule has 0 aliphatic carbocycles. The first kappa shape index (κ1) is 17.1. The number of carbonyl (C=O) groups excluding carboxylic acids is 1. The maximum Gasteiger partial charge on any atom is 0.312 e. The second kappa shape index (κ2) is 6.43. The van der Waals surface area contributed by atoms with Gasteiger partial charge in [0.15, 0.2) is 6.73 Å². The van der Waals surface area contributed by atoms with Crippen LogP contribution in [0.3, 0.4) is 0 Å². The number of fused-ring (bicyclic) bond motifs is 3. The van der Waals surface area contributed by atoms with Gasteiger partial charge >= 0.3 is 5.97 Å². The second-order valence-corrected chi connectivity index (χ2v) is 8.16. The fourth-order valence-electron chi connectivity index (χ4n) is 3.91. The van der Waals surface area contributed by atoms with E-state index in [1.165, 1.54) is 5.56 Å². The molecule has 0 radical (unpaired) electrons. The van der Waals surface area contributed by atoms with E-state index in [0.717, 1.165) is 24.5 Å². The number of esters is 1. The second-order valence-electron chi connectivity index (χ2n) is 8.16. The molecule has 0 bridgehead atoms. The third kappa shape index (κ3) is 2.98. The van der Waals surface area contributed by atoms with Gasteiger partial charge < -0.3 is 15.4 Å². The van der Waals surface area contributed by atoms with Crippen LogP contribution in [0.2, 0.25) is 0 Å². The first-order valence-electron chi connectivity index (χ1n) is 9.22. The number of nitrogens with one attached hydrogen (secondary N) is 2. The van der Waals surface area contributed by atoms with Gasteiger partial charge in [-0.2, -0.15) is 0 Å². The molecular weight excluding hydrogens is 328 g/mol. The minimum absolute atomic E-state index is 0.0910. The van der Waals surface area contributed by atoms with Crippen molar-refractivity contribution in [2.24, 2.45) is 11.3 Å². The fourth-order valence-corrected chi connectivity index (χ4v) is 3.91. The summed E-state index contributed by atoms with van der Waals surface area (Å²) in [5, 5.41) is 7.30. The van der Waals surface area contributed by atoms with E-state index in [0.29, 0.717) is 12.0 Å². The predicted octanol–water partition coefficient (Wildman–Crippen LogP) is 3.25. The highest BCUT2D eigenvalue weighted by molar-refractivity contribution is 5.75. The molecule has 1 aromatic carbocycles. The Morgan fingerprint density at radius 3 is 2.92 bits per heavy atom. The lowest BCUT2D eigenvalue weighted by atomic mass is 9.83. The van der Waals surface area contributed by atoms with Crippen LogP contribution in [0.5, 0.6) is 0 Å². The molecule has 6 heteroatoms. The van der Waals surface area contributed by atoms with Gasteiger partial charge in [0.2, 0.25) is 0 Å². The van der Waals surface area contributed by atoms with Crippen molar-refractivity contribution in [1.82, 2.24) is 14.9 Å². The Morgan fingerprint density at radius 2 is 2.12 bits per heavy atom. The van der Waals surface area contributed by atoms with E-state index < -0.39 is 5.41 Å². The van der Waals surface area contributed by atoms with E-state index >= 15 is 0 Å². The molecule has 2 aliphatic heterocycles. The van der Waals surface area contributed by atoms with E-state index in [9.17, 15) is 4.79 Å². The maximum absolute atomic E-state index is 12.1. The summed E-state index contributed by atoms with van der Waals surface area (Å²) >= 11 is 0. The van der Waals surface area contributed by atoms with Crippen molar-refractivity contribution in [3.8, 4) is 0 Å². The fraction of sp³-hybridized carbons (Fsp3) is 0.500. The zero-order valence-corrected chi connectivity index (χ0v) is 15.5. The molecule has 3 atom stereocenters. The Hall–Kier alpha value is -2.34. The molecule has 1 aromatic heterocycles. The van der Waals surface area contributed by atoms with Crippen LogP contribution in [0.25, 0.3) is 0 Å². The summed E-state index contributed by atoms with van der Waals surface area (Å²) in [7, 11) is 0. The van der Waals surface area contributed by atoms with Gasteiger partial charge in [-0.3, -0.25) is 9.36 Å². The van der Waals surface area contributed by atoms with Crippen LogP contribution in [-0.2, 0) is 16.3 Å². The average molecular weight is 354 g/mol. The number of hydrogen-bond acceptors (Lipinski definition) is 5. The summed E-state index contributed by atoms with van der Waals surface area (Å²) in [5.74, 6) is 1.13. The maximum atomic E-state index is 12.1. The van der Waals surface area contributed by atoms with E-state index in [1.807, 2.05) is 31.5 Å². The van der Waals surface area contributed by atoms with Crippen molar-refractivity contribution in [2.75, 3.05) is 11.9 Å². The van der Waals surface area contributed by atoms with Crippen molar-refractivity contribution in [1.29, 1.82) is 0 Å². The van der Waals surface area contributed by atoms with Gasteiger partial charge in [0.05, 0.1) is 11.5 Å². The Labute approximate surface area is 154 Å². The molecule has 26 heavy (non-hydrogen) atoms. The molecule has 1 saturated heterocycles. The Morgan fingerprint density at radius 1 is 1.31 bits per heavy atom. The van der Waals surface area contributed by atoms with Crippen molar-refractivity contribution < 1.29 is 9.53 Å². The van der Waals surface area contributed by atoms with E-state index in [4.69, 9.17) is 4.74 Å². The molecule has 2 N–H and O–H groups in total. The molecule has 3 heterocycles. The molecular formula is C20H26N4O2. The van der Waals surface area contributed by atoms with Gasteiger partial charge in [0.1, 0.15) is 5.82 Å². The van der Waals surface area contributed by atoms with Gasteiger partial charge in [-0.15, -0.1) is 0 Å². The predicted molar refractivity (Wildman–Crippen MR) is 99.4 cm³/mol. The van der Waals surface area contributed by atoms with Crippen LogP contribution in [0.15, 0.2) is 36.7 Å². The summed E-state index contributed by atoms with van der Waals surface area (Å²) in [6.45, 7) is 6.77. The lowest BCUT2D eigenvalue weighted by Crippen LogP contribution is -2.34. The molecule has 4 rings (SSSR count). The Bertz CT molecular complexity index is 808. The lowest BCUT2D eigenvalue weighted by Gasteiger charge is -2.36. The van der Waals surface area contributed by atoms with Crippen LogP contribution in [0, 0.1) is 11.3 Å². The molecule has 2 aliphatic rings. The minimum atomic E-state index is -0.511. The van der Waals surface area contributed by atoms with E-state index in [-0.39, 0.29) is 18.7 Å².